The smallest absolute Gasteiger partial charge is 0.340 e. The van der Waals surface area contributed by atoms with Crippen LogP contribution in [0.2, 0.25) is 0 Å². The number of hydrogen-bond donors (Lipinski definition) is 1. The number of carbonyl (C=O) groups excluding carboxylic acids is 1. The van der Waals surface area contributed by atoms with Crippen molar-refractivity contribution in [3.05, 3.63) is 58.9 Å². The zero-order chi connectivity index (χ0) is 15.4. The SMILES string of the molecule is COc1ccc(C)cc1COC(=O)c1cc(F)ccc1N. The van der Waals surface area contributed by atoms with Crippen LogP contribution in [0.15, 0.2) is 36.4 Å². The molecule has 0 radical (unpaired) electrons. The summed E-state index contributed by atoms with van der Waals surface area (Å²) in [6.07, 6.45) is 0. The summed E-state index contributed by atoms with van der Waals surface area (Å²) in [6, 6.07) is 9.14. The van der Waals surface area contributed by atoms with Crippen LogP contribution in [0.5, 0.6) is 5.75 Å². The van der Waals surface area contributed by atoms with E-state index in [-0.39, 0.29) is 17.9 Å². The number of carbonyl (C=O) groups is 1. The molecule has 2 aromatic carbocycles. The fourth-order valence-electron chi connectivity index (χ4n) is 1.95. The molecular weight excluding hydrogens is 273 g/mol. The minimum absolute atomic E-state index is 0.0154. The summed E-state index contributed by atoms with van der Waals surface area (Å²) in [5.41, 5.74) is 7.60. The fourth-order valence-corrected chi connectivity index (χ4v) is 1.95. The number of esters is 1. The van der Waals surface area contributed by atoms with Gasteiger partial charge in [-0.25, -0.2) is 9.18 Å². The van der Waals surface area contributed by atoms with Crippen molar-refractivity contribution in [3.8, 4) is 5.75 Å². The largest absolute Gasteiger partial charge is 0.496 e. The second-order valence-corrected chi connectivity index (χ2v) is 4.62. The van der Waals surface area contributed by atoms with Crippen molar-refractivity contribution < 1.29 is 18.7 Å². The molecule has 0 bridgehead atoms. The number of aryl methyl sites for hydroxylation is 1. The van der Waals surface area contributed by atoms with Gasteiger partial charge >= 0.3 is 5.97 Å². The van der Waals surface area contributed by atoms with Crippen LogP contribution in [0, 0.1) is 12.7 Å². The van der Waals surface area contributed by atoms with Gasteiger partial charge in [0.05, 0.1) is 12.7 Å². The Balaban J connectivity index is 2.14. The van der Waals surface area contributed by atoms with E-state index in [1.165, 1.54) is 12.1 Å². The Morgan fingerprint density at radius 3 is 2.71 bits per heavy atom. The van der Waals surface area contributed by atoms with Crippen LogP contribution in [0.25, 0.3) is 0 Å². The lowest BCUT2D eigenvalue weighted by Crippen LogP contribution is -2.09. The molecule has 0 unspecified atom stereocenters. The molecule has 0 heterocycles. The van der Waals surface area contributed by atoms with E-state index in [0.717, 1.165) is 17.2 Å². The molecule has 0 spiro atoms. The zero-order valence-electron chi connectivity index (χ0n) is 11.9. The Bertz CT molecular complexity index is 671. The normalized spacial score (nSPS) is 10.2. The molecule has 2 rings (SSSR count). The highest BCUT2D eigenvalue weighted by Gasteiger charge is 2.14. The molecule has 0 aliphatic heterocycles. The summed E-state index contributed by atoms with van der Waals surface area (Å²) in [5.74, 6) is -0.583. The number of nitrogen functional groups attached to an aromatic ring is 1. The number of hydrogen-bond acceptors (Lipinski definition) is 4. The first-order valence-corrected chi connectivity index (χ1v) is 6.37. The van der Waals surface area contributed by atoms with Crippen molar-refractivity contribution in [2.24, 2.45) is 0 Å². The highest BCUT2D eigenvalue weighted by atomic mass is 19.1. The molecule has 0 atom stereocenters. The zero-order valence-corrected chi connectivity index (χ0v) is 11.9. The number of ether oxygens (including phenoxy) is 2. The van der Waals surface area contributed by atoms with E-state index < -0.39 is 11.8 Å². The van der Waals surface area contributed by atoms with Gasteiger partial charge in [-0.1, -0.05) is 11.6 Å². The van der Waals surface area contributed by atoms with Crippen LogP contribution in [-0.2, 0) is 11.3 Å². The van der Waals surface area contributed by atoms with Gasteiger partial charge in [-0.3, -0.25) is 0 Å². The lowest BCUT2D eigenvalue weighted by molar-refractivity contribution is 0.0471. The quantitative estimate of drug-likeness (QED) is 0.694. The van der Waals surface area contributed by atoms with Crippen molar-refractivity contribution in [1.82, 2.24) is 0 Å². The monoisotopic (exact) mass is 289 g/mol. The lowest BCUT2D eigenvalue weighted by Gasteiger charge is -2.11. The van der Waals surface area contributed by atoms with E-state index in [0.29, 0.717) is 5.75 Å². The summed E-state index contributed by atoms with van der Waals surface area (Å²) in [5, 5.41) is 0. The minimum atomic E-state index is -0.671. The third kappa shape index (κ3) is 3.51. The molecule has 21 heavy (non-hydrogen) atoms. The maximum Gasteiger partial charge on any atom is 0.340 e. The van der Waals surface area contributed by atoms with Crippen LogP contribution in [0.3, 0.4) is 0 Å². The lowest BCUT2D eigenvalue weighted by atomic mass is 10.1. The first-order valence-electron chi connectivity index (χ1n) is 6.37. The number of anilines is 1. The Kier molecular flexibility index (Phi) is 4.42. The molecule has 0 fully saturated rings. The van der Waals surface area contributed by atoms with E-state index in [1.807, 2.05) is 19.1 Å². The van der Waals surface area contributed by atoms with Gasteiger partial charge in [0.15, 0.2) is 0 Å². The van der Waals surface area contributed by atoms with Gasteiger partial charge in [0.1, 0.15) is 18.2 Å². The van der Waals surface area contributed by atoms with E-state index in [1.54, 1.807) is 13.2 Å². The van der Waals surface area contributed by atoms with Gasteiger partial charge in [-0.2, -0.15) is 0 Å². The Labute approximate surface area is 122 Å². The van der Waals surface area contributed by atoms with Crippen LogP contribution in [0.4, 0.5) is 10.1 Å². The van der Waals surface area contributed by atoms with Gasteiger partial charge in [0.25, 0.3) is 0 Å². The molecule has 2 N–H and O–H groups in total. The minimum Gasteiger partial charge on any atom is -0.496 e. The molecule has 2 aromatic rings. The predicted molar refractivity (Wildman–Crippen MR) is 77.7 cm³/mol. The van der Waals surface area contributed by atoms with Gasteiger partial charge < -0.3 is 15.2 Å². The van der Waals surface area contributed by atoms with Crippen molar-refractivity contribution in [2.75, 3.05) is 12.8 Å². The summed E-state index contributed by atoms with van der Waals surface area (Å²) in [4.78, 5) is 12.0. The fraction of sp³-hybridized carbons (Fsp3) is 0.188. The van der Waals surface area contributed by atoms with Crippen molar-refractivity contribution in [2.45, 2.75) is 13.5 Å². The molecule has 110 valence electrons. The van der Waals surface area contributed by atoms with Gasteiger partial charge in [-0.15, -0.1) is 0 Å². The molecule has 0 aliphatic carbocycles. The number of methoxy groups -OCH3 is 1. The number of rotatable bonds is 4. The molecule has 5 heteroatoms. The average Bonchev–Trinajstić information content (AvgIpc) is 2.47. The predicted octanol–water partition coefficient (Wildman–Crippen LogP) is 3.08. The maximum atomic E-state index is 13.2. The van der Waals surface area contributed by atoms with E-state index in [2.05, 4.69) is 0 Å². The van der Waals surface area contributed by atoms with Crippen molar-refractivity contribution in [1.29, 1.82) is 0 Å². The Morgan fingerprint density at radius 1 is 1.24 bits per heavy atom. The second kappa shape index (κ2) is 6.26. The second-order valence-electron chi connectivity index (χ2n) is 4.62. The molecule has 0 saturated heterocycles. The van der Waals surface area contributed by atoms with Crippen LogP contribution in [0.1, 0.15) is 21.5 Å². The Morgan fingerprint density at radius 2 is 2.00 bits per heavy atom. The van der Waals surface area contributed by atoms with Crippen molar-refractivity contribution in [3.63, 3.8) is 0 Å². The van der Waals surface area contributed by atoms with E-state index in [9.17, 15) is 9.18 Å². The van der Waals surface area contributed by atoms with E-state index >= 15 is 0 Å². The van der Waals surface area contributed by atoms with Crippen LogP contribution >= 0.6 is 0 Å². The molecule has 0 saturated carbocycles. The number of halogens is 1. The summed E-state index contributed by atoms with van der Waals surface area (Å²) in [6.45, 7) is 1.95. The van der Waals surface area contributed by atoms with Crippen LogP contribution < -0.4 is 10.5 Å². The van der Waals surface area contributed by atoms with E-state index in [4.69, 9.17) is 15.2 Å². The Hall–Kier alpha value is -2.56. The third-order valence-electron chi connectivity index (χ3n) is 3.03. The number of benzene rings is 2. The van der Waals surface area contributed by atoms with Gasteiger partial charge in [0.2, 0.25) is 0 Å². The first kappa shape index (κ1) is 14.8. The molecule has 4 nitrogen and oxygen atoms in total. The van der Waals surface area contributed by atoms with Gasteiger partial charge in [-0.05, 0) is 37.3 Å². The summed E-state index contributed by atoms with van der Waals surface area (Å²) >= 11 is 0. The average molecular weight is 289 g/mol. The maximum absolute atomic E-state index is 13.2. The topological polar surface area (TPSA) is 61.5 Å². The molecule has 0 aromatic heterocycles. The van der Waals surface area contributed by atoms with Crippen LogP contribution in [-0.4, -0.2) is 13.1 Å². The first-order chi connectivity index (χ1) is 10.0. The molecule has 0 amide bonds. The van der Waals surface area contributed by atoms with Crippen molar-refractivity contribution >= 4 is 11.7 Å². The highest BCUT2D eigenvalue weighted by Crippen LogP contribution is 2.22. The number of nitrogens with two attached hydrogens (primary N) is 1. The standard InChI is InChI=1S/C16H16FNO3/c1-10-3-6-15(20-2)11(7-10)9-21-16(19)13-8-12(17)4-5-14(13)18/h3-8H,9,18H2,1-2H3. The summed E-state index contributed by atoms with van der Waals surface area (Å²) < 4.78 is 23.5. The molecular formula is C16H16FNO3. The summed E-state index contributed by atoms with van der Waals surface area (Å²) in [7, 11) is 1.54. The third-order valence-corrected chi connectivity index (χ3v) is 3.03. The highest BCUT2D eigenvalue weighted by molar-refractivity contribution is 5.95. The van der Waals surface area contributed by atoms with Gasteiger partial charge in [0, 0.05) is 11.3 Å². The molecule has 0 aliphatic rings.